The first-order chi connectivity index (χ1) is 9.20. The molecule has 0 radical (unpaired) electrons. The topological polar surface area (TPSA) is 70.1 Å². The minimum Gasteiger partial charge on any atom is -0.370 e. The Bertz CT molecular complexity index is 471. The monoisotopic (exact) mass is 257 g/mol. The molecule has 0 heterocycles. The van der Waals surface area contributed by atoms with Gasteiger partial charge in [0.05, 0.1) is 5.69 Å². The maximum atomic E-state index is 10.7. The van der Waals surface area contributed by atoms with Crippen molar-refractivity contribution in [1.82, 2.24) is 0 Å². The maximum absolute atomic E-state index is 10.7. The molecule has 0 atom stereocenters. The first kappa shape index (κ1) is 13.4. The molecule has 4 nitrogen and oxygen atoms in total. The number of anilines is 1. The van der Waals surface area contributed by atoms with Crippen molar-refractivity contribution >= 4 is 11.6 Å². The van der Waals surface area contributed by atoms with Crippen LogP contribution in [-0.2, 0) is 11.2 Å². The maximum Gasteiger partial charge on any atom is 0.217 e. The molecule has 1 saturated carbocycles. The highest BCUT2D eigenvalue weighted by atomic mass is 16.1. The van der Waals surface area contributed by atoms with Crippen LogP contribution in [0.15, 0.2) is 24.3 Å². The Labute approximate surface area is 113 Å². The summed E-state index contributed by atoms with van der Waals surface area (Å²) in [6, 6.07) is 8.41. The molecule has 0 aliphatic heterocycles. The number of carbonyl (C=O) groups is 1. The van der Waals surface area contributed by atoms with Crippen molar-refractivity contribution in [2.75, 3.05) is 4.90 Å². The molecule has 1 aliphatic carbocycles. The zero-order chi connectivity index (χ0) is 13.7. The lowest BCUT2D eigenvalue weighted by Crippen LogP contribution is -2.36. The van der Waals surface area contributed by atoms with E-state index in [1.165, 1.54) is 12.0 Å². The van der Waals surface area contributed by atoms with Gasteiger partial charge in [-0.1, -0.05) is 12.1 Å². The van der Waals surface area contributed by atoms with E-state index in [1.807, 2.05) is 24.3 Å². The molecule has 1 aliphatic rings. The van der Waals surface area contributed by atoms with Crippen molar-refractivity contribution in [3.8, 4) is 6.19 Å². The Balaban J connectivity index is 1.93. The SMILES string of the molecule is N#CN(c1ccc(CCCC(N)=O)cc1)C1CCC1. The van der Waals surface area contributed by atoms with Gasteiger partial charge in [-0.05, 0) is 49.8 Å². The number of nitrogens with two attached hydrogens (primary N) is 1. The Kier molecular flexibility index (Phi) is 4.40. The van der Waals surface area contributed by atoms with Crippen molar-refractivity contribution in [2.24, 2.45) is 5.73 Å². The summed E-state index contributed by atoms with van der Waals surface area (Å²) in [6.07, 6.45) is 7.74. The summed E-state index contributed by atoms with van der Waals surface area (Å²) in [5, 5.41) is 9.21. The summed E-state index contributed by atoms with van der Waals surface area (Å²) in [5.74, 6) is -0.253. The summed E-state index contributed by atoms with van der Waals surface area (Å²) in [5.41, 5.74) is 7.25. The van der Waals surface area contributed by atoms with E-state index in [4.69, 9.17) is 5.73 Å². The van der Waals surface area contributed by atoms with E-state index in [1.54, 1.807) is 4.90 Å². The predicted molar refractivity (Wildman–Crippen MR) is 74.3 cm³/mol. The summed E-state index contributed by atoms with van der Waals surface area (Å²) in [7, 11) is 0. The number of rotatable bonds is 6. The molecule has 0 bridgehead atoms. The third-order valence-electron chi connectivity index (χ3n) is 3.65. The highest BCUT2D eigenvalue weighted by Gasteiger charge is 2.25. The second-order valence-electron chi connectivity index (χ2n) is 5.04. The minimum atomic E-state index is -0.253. The molecule has 1 fully saturated rings. The summed E-state index contributed by atoms with van der Waals surface area (Å²) in [6.45, 7) is 0. The summed E-state index contributed by atoms with van der Waals surface area (Å²) in [4.78, 5) is 12.5. The van der Waals surface area contributed by atoms with Crippen LogP contribution in [0, 0.1) is 11.5 Å². The van der Waals surface area contributed by atoms with Crippen molar-refractivity contribution in [3.63, 3.8) is 0 Å². The van der Waals surface area contributed by atoms with Gasteiger partial charge in [0.15, 0.2) is 6.19 Å². The van der Waals surface area contributed by atoms with Crippen LogP contribution in [0.3, 0.4) is 0 Å². The number of benzene rings is 1. The molecule has 1 amide bonds. The van der Waals surface area contributed by atoms with Gasteiger partial charge < -0.3 is 5.73 Å². The van der Waals surface area contributed by atoms with Crippen LogP contribution >= 0.6 is 0 Å². The Morgan fingerprint density at radius 3 is 2.53 bits per heavy atom. The van der Waals surface area contributed by atoms with Gasteiger partial charge in [-0.2, -0.15) is 5.26 Å². The van der Waals surface area contributed by atoms with Crippen LogP contribution in [0.4, 0.5) is 5.69 Å². The molecule has 0 saturated heterocycles. The van der Waals surface area contributed by atoms with E-state index in [2.05, 4.69) is 6.19 Å². The number of nitriles is 1. The van der Waals surface area contributed by atoms with E-state index >= 15 is 0 Å². The number of amides is 1. The van der Waals surface area contributed by atoms with Gasteiger partial charge >= 0.3 is 0 Å². The average Bonchev–Trinajstić information content (AvgIpc) is 2.34. The molecule has 1 aromatic rings. The molecule has 4 heteroatoms. The predicted octanol–water partition coefficient (Wildman–Crippen LogP) is 2.33. The molecule has 1 aromatic carbocycles. The Morgan fingerprint density at radius 2 is 2.05 bits per heavy atom. The first-order valence-electron chi connectivity index (χ1n) is 6.77. The lowest BCUT2D eigenvalue weighted by atomic mass is 9.91. The zero-order valence-corrected chi connectivity index (χ0v) is 11.0. The van der Waals surface area contributed by atoms with Crippen molar-refractivity contribution < 1.29 is 4.79 Å². The second kappa shape index (κ2) is 6.24. The van der Waals surface area contributed by atoms with Gasteiger partial charge in [0, 0.05) is 12.5 Å². The van der Waals surface area contributed by atoms with E-state index in [0.717, 1.165) is 31.4 Å². The molecule has 19 heavy (non-hydrogen) atoms. The summed E-state index contributed by atoms with van der Waals surface area (Å²) >= 11 is 0. The molecular formula is C15H19N3O. The van der Waals surface area contributed by atoms with Gasteiger partial charge in [0.25, 0.3) is 0 Å². The Hall–Kier alpha value is -2.02. The van der Waals surface area contributed by atoms with Gasteiger partial charge in [0.1, 0.15) is 0 Å². The fourth-order valence-electron chi connectivity index (χ4n) is 2.29. The largest absolute Gasteiger partial charge is 0.370 e. The number of aryl methyl sites for hydroxylation is 1. The molecule has 0 unspecified atom stereocenters. The van der Waals surface area contributed by atoms with Crippen LogP contribution in [0.25, 0.3) is 0 Å². The van der Waals surface area contributed by atoms with E-state index in [-0.39, 0.29) is 5.91 Å². The number of nitrogens with zero attached hydrogens (tertiary/aromatic N) is 2. The Morgan fingerprint density at radius 1 is 1.37 bits per heavy atom. The molecule has 100 valence electrons. The number of hydrogen-bond acceptors (Lipinski definition) is 3. The van der Waals surface area contributed by atoms with Gasteiger partial charge in [-0.25, -0.2) is 0 Å². The molecule has 0 aromatic heterocycles. The van der Waals surface area contributed by atoms with Crippen LogP contribution in [0.1, 0.15) is 37.7 Å². The quantitative estimate of drug-likeness (QED) is 0.628. The van der Waals surface area contributed by atoms with Crippen molar-refractivity contribution in [3.05, 3.63) is 29.8 Å². The minimum absolute atomic E-state index is 0.253. The highest BCUT2D eigenvalue weighted by Crippen LogP contribution is 2.29. The first-order valence-corrected chi connectivity index (χ1v) is 6.77. The number of hydrogen-bond donors (Lipinski definition) is 1. The third kappa shape index (κ3) is 3.47. The van der Waals surface area contributed by atoms with Crippen LogP contribution < -0.4 is 10.6 Å². The van der Waals surface area contributed by atoms with Gasteiger partial charge in [-0.3, -0.25) is 9.69 Å². The summed E-state index contributed by atoms with van der Waals surface area (Å²) < 4.78 is 0. The molecular weight excluding hydrogens is 238 g/mol. The van der Waals surface area contributed by atoms with Crippen LogP contribution in [-0.4, -0.2) is 11.9 Å². The third-order valence-corrected chi connectivity index (χ3v) is 3.65. The fraction of sp³-hybridized carbons (Fsp3) is 0.467. The smallest absolute Gasteiger partial charge is 0.217 e. The molecule has 2 N–H and O–H groups in total. The molecule has 2 rings (SSSR count). The lowest BCUT2D eigenvalue weighted by Gasteiger charge is -2.33. The highest BCUT2D eigenvalue weighted by molar-refractivity contribution is 5.73. The van der Waals surface area contributed by atoms with Crippen LogP contribution in [0.5, 0.6) is 0 Å². The fourth-order valence-corrected chi connectivity index (χ4v) is 2.29. The van der Waals surface area contributed by atoms with Gasteiger partial charge in [0.2, 0.25) is 5.91 Å². The zero-order valence-electron chi connectivity index (χ0n) is 11.0. The number of carbonyl (C=O) groups excluding carboxylic acids is 1. The molecule has 0 spiro atoms. The standard InChI is InChI=1S/C15H19N3O/c16-11-18(13-4-2-5-13)14-9-7-12(8-10-14)3-1-6-15(17)19/h7-10,13H,1-6H2,(H2,17,19). The van der Waals surface area contributed by atoms with Crippen LogP contribution in [0.2, 0.25) is 0 Å². The number of primary amides is 1. The second-order valence-corrected chi connectivity index (χ2v) is 5.04. The lowest BCUT2D eigenvalue weighted by molar-refractivity contribution is -0.118. The van der Waals surface area contributed by atoms with Gasteiger partial charge in [-0.15, -0.1) is 0 Å². The van der Waals surface area contributed by atoms with E-state index in [9.17, 15) is 10.1 Å². The normalized spacial score (nSPS) is 14.5. The van der Waals surface area contributed by atoms with Crippen molar-refractivity contribution in [2.45, 2.75) is 44.6 Å². The average molecular weight is 257 g/mol. The van der Waals surface area contributed by atoms with E-state index in [0.29, 0.717) is 12.5 Å². The van der Waals surface area contributed by atoms with E-state index < -0.39 is 0 Å². The van der Waals surface area contributed by atoms with Crippen molar-refractivity contribution in [1.29, 1.82) is 5.26 Å².